The predicted octanol–water partition coefficient (Wildman–Crippen LogP) is 1.74. The fraction of sp³-hybridized carbons (Fsp3) is 0.429. The number of hydrogen-bond acceptors (Lipinski definition) is 3. The number of nitrogens with zero attached hydrogens (tertiary/aromatic N) is 2. The molecule has 1 aromatic rings. The molecule has 20 heavy (non-hydrogen) atoms. The number of carboxylic acids is 1. The van der Waals surface area contributed by atoms with Gasteiger partial charge in [0.15, 0.2) is 0 Å². The third-order valence-corrected chi connectivity index (χ3v) is 3.10. The highest BCUT2D eigenvalue weighted by atomic mass is 35.5. The van der Waals surface area contributed by atoms with E-state index in [-0.39, 0.29) is 12.5 Å². The number of halogens is 1. The highest BCUT2D eigenvalue weighted by Gasteiger charge is 2.20. The van der Waals surface area contributed by atoms with Gasteiger partial charge in [0, 0.05) is 13.1 Å². The van der Waals surface area contributed by atoms with Crippen LogP contribution in [0.1, 0.15) is 15.9 Å². The number of rotatable bonds is 6. The molecule has 0 radical (unpaired) electrons. The Balaban J connectivity index is 2.93. The maximum atomic E-state index is 12.4. The van der Waals surface area contributed by atoms with Crippen LogP contribution in [0.2, 0.25) is 5.02 Å². The molecule has 0 fully saturated rings. The number of carbonyl (C=O) groups is 2. The highest BCUT2D eigenvalue weighted by molar-refractivity contribution is 6.33. The third-order valence-electron chi connectivity index (χ3n) is 2.79. The number of carbonyl (C=O) groups excluding carboxylic acids is 1. The molecule has 0 bridgehead atoms. The number of likely N-dealkylation sites (N-methyl/N-ethyl adjacent to an activating group) is 1. The predicted molar refractivity (Wildman–Crippen MR) is 78.3 cm³/mol. The second-order valence-electron chi connectivity index (χ2n) is 4.91. The summed E-state index contributed by atoms with van der Waals surface area (Å²) < 4.78 is 0. The monoisotopic (exact) mass is 298 g/mol. The van der Waals surface area contributed by atoms with Crippen molar-refractivity contribution >= 4 is 23.5 Å². The van der Waals surface area contributed by atoms with Crippen molar-refractivity contribution in [3.05, 3.63) is 34.3 Å². The molecule has 0 aliphatic heterocycles. The minimum absolute atomic E-state index is 0.331. The van der Waals surface area contributed by atoms with Gasteiger partial charge in [-0.2, -0.15) is 0 Å². The molecule has 110 valence electrons. The van der Waals surface area contributed by atoms with E-state index < -0.39 is 5.97 Å². The number of amides is 1. The third kappa shape index (κ3) is 4.83. The van der Waals surface area contributed by atoms with E-state index in [0.29, 0.717) is 23.7 Å². The number of aryl methyl sites for hydroxylation is 1. The van der Waals surface area contributed by atoms with Crippen LogP contribution in [0.4, 0.5) is 0 Å². The van der Waals surface area contributed by atoms with Crippen LogP contribution in [0.5, 0.6) is 0 Å². The lowest BCUT2D eigenvalue weighted by Crippen LogP contribution is -2.40. The van der Waals surface area contributed by atoms with Gasteiger partial charge in [0.1, 0.15) is 6.54 Å². The van der Waals surface area contributed by atoms with Crippen LogP contribution in [0.15, 0.2) is 18.2 Å². The number of benzene rings is 1. The van der Waals surface area contributed by atoms with Crippen molar-refractivity contribution in [2.24, 2.45) is 0 Å². The van der Waals surface area contributed by atoms with Gasteiger partial charge in [-0.3, -0.25) is 9.59 Å². The van der Waals surface area contributed by atoms with Crippen LogP contribution in [0, 0.1) is 6.92 Å². The van der Waals surface area contributed by atoms with Gasteiger partial charge in [-0.05, 0) is 38.7 Å². The quantitative estimate of drug-likeness (QED) is 0.869. The van der Waals surface area contributed by atoms with E-state index in [1.807, 2.05) is 25.9 Å². The summed E-state index contributed by atoms with van der Waals surface area (Å²) >= 11 is 6.06. The second-order valence-corrected chi connectivity index (χ2v) is 5.31. The summed E-state index contributed by atoms with van der Waals surface area (Å²) in [7, 11) is 3.73. The molecule has 0 heterocycles. The molecule has 6 heteroatoms. The van der Waals surface area contributed by atoms with E-state index in [4.69, 9.17) is 16.7 Å². The van der Waals surface area contributed by atoms with Gasteiger partial charge in [-0.1, -0.05) is 17.7 Å². The molecule has 0 saturated carbocycles. The lowest BCUT2D eigenvalue weighted by atomic mass is 10.1. The van der Waals surface area contributed by atoms with E-state index in [1.165, 1.54) is 4.90 Å². The highest BCUT2D eigenvalue weighted by Crippen LogP contribution is 2.19. The zero-order valence-electron chi connectivity index (χ0n) is 11.9. The Labute approximate surface area is 123 Å². The first-order valence-electron chi connectivity index (χ1n) is 6.23. The smallest absolute Gasteiger partial charge is 0.323 e. The standard InChI is InChI=1S/C14H19ClN2O3/c1-10-4-5-11(12(15)8-10)14(20)17(9-13(18)19)7-6-16(2)3/h4-5,8H,6-7,9H2,1-3H3,(H,18,19). The fourth-order valence-corrected chi connectivity index (χ4v) is 2.02. The van der Waals surface area contributed by atoms with Crippen LogP contribution >= 0.6 is 11.6 Å². The summed E-state index contributed by atoms with van der Waals surface area (Å²) in [6.07, 6.45) is 0. The van der Waals surface area contributed by atoms with Crippen molar-refractivity contribution in [1.29, 1.82) is 0 Å². The summed E-state index contributed by atoms with van der Waals surface area (Å²) in [6.45, 7) is 2.46. The molecule has 1 N–H and O–H groups in total. The van der Waals surface area contributed by atoms with Gasteiger partial charge < -0.3 is 14.9 Å². The Hall–Kier alpha value is -1.59. The molecule has 1 rings (SSSR count). The molecule has 0 aromatic heterocycles. The zero-order chi connectivity index (χ0) is 15.3. The van der Waals surface area contributed by atoms with Crippen molar-refractivity contribution in [2.45, 2.75) is 6.92 Å². The van der Waals surface area contributed by atoms with Gasteiger partial charge in [0.2, 0.25) is 0 Å². The zero-order valence-corrected chi connectivity index (χ0v) is 12.6. The summed E-state index contributed by atoms with van der Waals surface area (Å²) in [5.41, 5.74) is 1.28. The first kappa shape index (κ1) is 16.5. The number of aliphatic carboxylic acids is 1. The minimum Gasteiger partial charge on any atom is -0.480 e. The molecule has 1 aromatic carbocycles. The van der Waals surface area contributed by atoms with E-state index in [0.717, 1.165) is 5.56 Å². The van der Waals surface area contributed by atoms with Crippen molar-refractivity contribution in [3.63, 3.8) is 0 Å². The van der Waals surface area contributed by atoms with E-state index >= 15 is 0 Å². The van der Waals surface area contributed by atoms with Gasteiger partial charge in [0.05, 0.1) is 10.6 Å². The van der Waals surface area contributed by atoms with Crippen molar-refractivity contribution < 1.29 is 14.7 Å². The summed E-state index contributed by atoms with van der Waals surface area (Å²) in [4.78, 5) is 26.5. The first-order valence-corrected chi connectivity index (χ1v) is 6.61. The summed E-state index contributed by atoms with van der Waals surface area (Å²) in [5.74, 6) is -1.40. The molecule has 0 unspecified atom stereocenters. The van der Waals surface area contributed by atoms with Crippen LogP contribution < -0.4 is 0 Å². The Kier molecular flexibility index (Phi) is 5.98. The first-order chi connectivity index (χ1) is 9.31. The lowest BCUT2D eigenvalue weighted by Gasteiger charge is -2.23. The number of hydrogen-bond donors (Lipinski definition) is 1. The molecule has 1 amide bonds. The van der Waals surface area contributed by atoms with Crippen LogP contribution in [-0.2, 0) is 4.79 Å². The topological polar surface area (TPSA) is 60.9 Å². The van der Waals surface area contributed by atoms with Gasteiger partial charge >= 0.3 is 5.97 Å². The van der Waals surface area contributed by atoms with Crippen LogP contribution in [-0.4, -0.2) is 60.5 Å². The fourth-order valence-electron chi connectivity index (χ4n) is 1.70. The minimum atomic E-state index is -1.04. The Morgan fingerprint density at radius 3 is 2.40 bits per heavy atom. The van der Waals surface area contributed by atoms with Crippen molar-refractivity contribution in [3.8, 4) is 0 Å². The van der Waals surface area contributed by atoms with Crippen molar-refractivity contribution in [2.75, 3.05) is 33.7 Å². The average Bonchev–Trinajstić information content (AvgIpc) is 2.33. The molecule has 0 saturated heterocycles. The van der Waals surface area contributed by atoms with Gasteiger partial charge in [0.25, 0.3) is 5.91 Å². The van der Waals surface area contributed by atoms with Gasteiger partial charge in [-0.15, -0.1) is 0 Å². The molecule has 0 aliphatic rings. The van der Waals surface area contributed by atoms with E-state index in [1.54, 1.807) is 18.2 Å². The molecule has 0 aliphatic carbocycles. The largest absolute Gasteiger partial charge is 0.480 e. The van der Waals surface area contributed by atoms with E-state index in [9.17, 15) is 9.59 Å². The lowest BCUT2D eigenvalue weighted by molar-refractivity contribution is -0.137. The van der Waals surface area contributed by atoms with Gasteiger partial charge in [-0.25, -0.2) is 0 Å². The SMILES string of the molecule is Cc1ccc(C(=O)N(CCN(C)C)CC(=O)O)c(Cl)c1. The maximum Gasteiger partial charge on any atom is 0.323 e. The number of carboxylic acid groups (broad SMARTS) is 1. The molecular weight excluding hydrogens is 280 g/mol. The second kappa shape index (κ2) is 7.26. The maximum absolute atomic E-state index is 12.4. The molecule has 0 atom stereocenters. The van der Waals surface area contributed by atoms with Crippen molar-refractivity contribution in [1.82, 2.24) is 9.80 Å². The Bertz CT molecular complexity index is 503. The molecule has 0 spiro atoms. The molecule has 5 nitrogen and oxygen atoms in total. The van der Waals surface area contributed by atoms with Crippen LogP contribution in [0.3, 0.4) is 0 Å². The summed E-state index contributed by atoms with van der Waals surface area (Å²) in [5, 5.41) is 9.26. The summed E-state index contributed by atoms with van der Waals surface area (Å²) in [6, 6.07) is 5.11. The van der Waals surface area contributed by atoms with E-state index in [2.05, 4.69) is 0 Å². The normalized spacial score (nSPS) is 10.7. The van der Waals surface area contributed by atoms with Crippen LogP contribution in [0.25, 0.3) is 0 Å². The average molecular weight is 299 g/mol. The Morgan fingerprint density at radius 1 is 1.25 bits per heavy atom. The Morgan fingerprint density at radius 2 is 1.90 bits per heavy atom. The molecular formula is C14H19ClN2O3.